The van der Waals surface area contributed by atoms with Gasteiger partial charge in [-0.2, -0.15) is 0 Å². The third-order valence-electron chi connectivity index (χ3n) is 6.99. The van der Waals surface area contributed by atoms with Crippen LogP contribution in [-0.4, -0.2) is 60.0 Å². The van der Waals surface area contributed by atoms with Crippen molar-refractivity contribution in [2.24, 2.45) is 0 Å². The standard InChI is InChI=1S/C28H31N5O2/c1-5-32(6-2)13-14-33-17-22(20-15-18(31(3)4)11-12-24(20)33)26-25(27(34)30-28(26)35)21-16-29-23-10-8-7-9-19(21)23/h7-12,15-17,29H,5-6,13-14H2,1-4H3,(H,30,34,35). The maximum Gasteiger partial charge on any atom is 0.259 e. The average molecular weight is 470 g/mol. The first kappa shape index (κ1) is 22.9. The lowest BCUT2D eigenvalue weighted by molar-refractivity contribution is -0.122. The van der Waals surface area contributed by atoms with Crippen molar-refractivity contribution in [2.45, 2.75) is 20.4 Å². The summed E-state index contributed by atoms with van der Waals surface area (Å²) in [6.45, 7) is 8.01. The minimum atomic E-state index is -0.359. The van der Waals surface area contributed by atoms with Gasteiger partial charge in [-0.15, -0.1) is 0 Å². The van der Waals surface area contributed by atoms with Gasteiger partial charge in [0.1, 0.15) is 0 Å². The minimum absolute atomic E-state index is 0.353. The second-order valence-electron chi connectivity index (χ2n) is 9.14. The van der Waals surface area contributed by atoms with Crippen LogP contribution in [0.5, 0.6) is 0 Å². The zero-order valence-electron chi connectivity index (χ0n) is 20.7. The van der Waals surface area contributed by atoms with Gasteiger partial charge >= 0.3 is 0 Å². The highest BCUT2D eigenvalue weighted by atomic mass is 16.2. The van der Waals surface area contributed by atoms with E-state index in [0.717, 1.165) is 64.8 Å². The minimum Gasteiger partial charge on any atom is -0.378 e. The second kappa shape index (κ2) is 9.07. The zero-order valence-corrected chi connectivity index (χ0v) is 20.7. The number of imide groups is 1. The lowest BCUT2D eigenvalue weighted by Crippen LogP contribution is -2.26. The van der Waals surface area contributed by atoms with E-state index in [1.54, 1.807) is 0 Å². The first-order valence-electron chi connectivity index (χ1n) is 12.1. The number of anilines is 1. The molecule has 0 bridgehead atoms. The van der Waals surface area contributed by atoms with Crippen LogP contribution in [0.4, 0.5) is 5.69 Å². The van der Waals surface area contributed by atoms with E-state index >= 15 is 0 Å². The molecule has 2 aromatic heterocycles. The van der Waals surface area contributed by atoms with E-state index in [2.05, 4.69) is 51.8 Å². The molecule has 0 unspecified atom stereocenters. The Bertz CT molecular complexity index is 1470. The predicted octanol–water partition coefficient (Wildman–Crippen LogP) is 4.10. The van der Waals surface area contributed by atoms with Gasteiger partial charge in [-0.25, -0.2) is 0 Å². The number of likely N-dealkylation sites (N-methyl/N-ethyl adjacent to an activating group) is 1. The number of para-hydroxylation sites is 1. The van der Waals surface area contributed by atoms with Crippen molar-refractivity contribution >= 4 is 50.5 Å². The molecule has 2 aromatic carbocycles. The van der Waals surface area contributed by atoms with Gasteiger partial charge in [0, 0.05) is 78.2 Å². The van der Waals surface area contributed by atoms with Gasteiger partial charge in [-0.1, -0.05) is 32.0 Å². The SMILES string of the molecule is CCN(CC)CCn1cc(C2=C(c3c[nH]c4ccccc34)C(=O)NC2=O)c2cc(N(C)C)ccc21. The van der Waals surface area contributed by atoms with Gasteiger partial charge in [-0.3, -0.25) is 14.9 Å². The van der Waals surface area contributed by atoms with Crippen LogP contribution in [0, 0.1) is 0 Å². The molecule has 4 aromatic rings. The van der Waals surface area contributed by atoms with Crippen molar-refractivity contribution < 1.29 is 9.59 Å². The van der Waals surface area contributed by atoms with Crippen molar-refractivity contribution in [1.82, 2.24) is 19.8 Å². The van der Waals surface area contributed by atoms with Crippen molar-refractivity contribution in [3.8, 4) is 0 Å². The lowest BCUT2D eigenvalue weighted by Gasteiger charge is -2.18. The van der Waals surface area contributed by atoms with Crippen molar-refractivity contribution in [3.05, 3.63) is 66.0 Å². The molecule has 5 rings (SSSR count). The van der Waals surface area contributed by atoms with Gasteiger partial charge in [0.2, 0.25) is 0 Å². The summed E-state index contributed by atoms with van der Waals surface area (Å²) in [5.41, 5.74) is 5.40. The Kier molecular flexibility index (Phi) is 5.94. The number of carbonyl (C=O) groups is 2. The van der Waals surface area contributed by atoms with E-state index in [1.165, 1.54) is 0 Å². The molecular formula is C28H31N5O2. The van der Waals surface area contributed by atoms with Gasteiger partial charge < -0.3 is 19.4 Å². The fourth-order valence-electron chi connectivity index (χ4n) is 4.98. The van der Waals surface area contributed by atoms with Crippen LogP contribution < -0.4 is 10.2 Å². The summed E-state index contributed by atoms with van der Waals surface area (Å²) in [7, 11) is 4.00. The Balaban J connectivity index is 1.73. The largest absolute Gasteiger partial charge is 0.378 e. The number of fused-ring (bicyclic) bond motifs is 2. The Morgan fingerprint density at radius 2 is 1.60 bits per heavy atom. The van der Waals surface area contributed by atoms with Gasteiger partial charge in [0.05, 0.1) is 11.1 Å². The fraction of sp³-hybridized carbons (Fsp3) is 0.286. The van der Waals surface area contributed by atoms with Crippen LogP contribution in [-0.2, 0) is 16.1 Å². The lowest BCUT2D eigenvalue weighted by atomic mass is 9.95. The molecule has 3 heterocycles. The number of aromatic amines is 1. The van der Waals surface area contributed by atoms with Crippen LogP contribution in [0.3, 0.4) is 0 Å². The van der Waals surface area contributed by atoms with E-state index in [9.17, 15) is 9.59 Å². The molecule has 1 aliphatic rings. The van der Waals surface area contributed by atoms with Crippen molar-refractivity contribution in [1.29, 1.82) is 0 Å². The summed E-state index contributed by atoms with van der Waals surface area (Å²) >= 11 is 0. The molecule has 2 N–H and O–H groups in total. The monoisotopic (exact) mass is 469 g/mol. The number of rotatable bonds is 8. The molecule has 35 heavy (non-hydrogen) atoms. The van der Waals surface area contributed by atoms with Crippen LogP contribution in [0.2, 0.25) is 0 Å². The molecule has 0 radical (unpaired) electrons. The third-order valence-corrected chi connectivity index (χ3v) is 6.99. The fourth-order valence-corrected chi connectivity index (χ4v) is 4.98. The van der Waals surface area contributed by atoms with E-state index in [0.29, 0.717) is 11.1 Å². The topological polar surface area (TPSA) is 73.4 Å². The van der Waals surface area contributed by atoms with Crippen molar-refractivity contribution in [3.63, 3.8) is 0 Å². The summed E-state index contributed by atoms with van der Waals surface area (Å²) in [4.78, 5) is 34.0. The summed E-state index contributed by atoms with van der Waals surface area (Å²) in [5.74, 6) is -0.712. The number of H-pyrrole nitrogens is 1. The summed E-state index contributed by atoms with van der Waals surface area (Å²) in [5, 5.41) is 4.44. The van der Waals surface area contributed by atoms with E-state index in [1.807, 2.05) is 55.7 Å². The summed E-state index contributed by atoms with van der Waals surface area (Å²) < 4.78 is 2.21. The van der Waals surface area contributed by atoms with E-state index in [-0.39, 0.29) is 11.8 Å². The number of nitrogens with one attached hydrogen (secondary N) is 2. The highest BCUT2D eigenvalue weighted by molar-refractivity contribution is 6.50. The molecule has 180 valence electrons. The highest BCUT2D eigenvalue weighted by Crippen LogP contribution is 2.39. The highest BCUT2D eigenvalue weighted by Gasteiger charge is 2.35. The molecule has 1 aliphatic heterocycles. The number of aromatic nitrogens is 2. The molecule has 0 aliphatic carbocycles. The Morgan fingerprint density at radius 1 is 0.886 bits per heavy atom. The number of hydrogen-bond acceptors (Lipinski definition) is 4. The number of carbonyl (C=O) groups excluding carboxylic acids is 2. The molecule has 0 spiro atoms. The van der Waals surface area contributed by atoms with E-state index in [4.69, 9.17) is 0 Å². The molecule has 0 saturated heterocycles. The number of nitrogens with zero attached hydrogens (tertiary/aromatic N) is 3. The summed E-state index contributed by atoms with van der Waals surface area (Å²) in [6.07, 6.45) is 3.86. The molecule has 0 saturated carbocycles. The third kappa shape index (κ3) is 3.91. The van der Waals surface area contributed by atoms with Gasteiger partial charge in [0.15, 0.2) is 0 Å². The maximum absolute atomic E-state index is 13.2. The normalized spacial score (nSPS) is 14.1. The predicted molar refractivity (Wildman–Crippen MR) is 142 cm³/mol. The average Bonchev–Trinajstić information content (AvgIpc) is 3.52. The molecule has 7 nitrogen and oxygen atoms in total. The van der Waals surface area contributed by atoms with Gasteiger partial charge in [-0.05, 0) is 37.4 Å². The van der Waals surface area contributed by atoms with Crippen LogP contribution in [0.1, 0.15) is 25.0 Å². The van der Waals surface area contributed by atoms with Crippen LogP contribution >= 0.6 is 0 Å². The second-order valence-corrected chi connectivity index (χ2v) is 9.14. The van der Waals surface area contributed by atoms with Crippen molar-refractivity contribution in [2.75, 3.05) is 38.6 Å². The first-order valence-corrected chi connectivity index (χ1v) is 12.1. The molecule has 0 atom stereocenters. The Hall–Kier alpha value is -3.84. The number of amides is 2. The van der Waals surface area contributed by atoms with Gasteiger partial charge in [0.25, 0.3) is 11.8 Å². The molecule has 7 heteroatoms. The number of benzene rings is 2. The summed E-state index contributed by atoms with van der Waals surface area (Å²) in [6, 6.07) is 14.1. The smallest absolute Gasteiger partial charge is 0.259 e. The van der Waals surface area contributed by atoms with E-state index < -0.39 is 0 Å². The van der Waals surface area contributed by atoms with Crippen LogP contribution in [0.15, 0.2) is 54.9 Å². The Morgan fingerprint density at radius 3 is 2.31 bits per heavy atom. The first-order chi connectivity index (χ1) is 16.9. The molecule has 2 amide bonds. The Labute approximate surface area is 205 Å². The quantitative estimate of drug-likeness (QED) is 0.381. The molecule has 0 fully saturated rings. The number of hydrogen-bond donors (Lipinski definition) is 2. The van der Waals surface area contributed by atoms with Crippen LogP contribution in [0.25, 0.3) is 33.0 Å². The molecular weight excluding hydrogens is 438 g/mol. The maximum atomic E-state index is 13.2. The zero-order chi connectivity index (χ0) is 24.7.